The molecular formula is C49H61N3. The van der Waals surface area contributed by atoms with Crippen molar-refractivity contribution in [2.24, 2.45) is 4.99 Å². The van der Waals surface area contributed by atoms with Crippen LogP contribution in [0.5, 0.6) is 0 Å². The minimum atomic E-state index is 0.0201. The molecule has 0 saturated heterocycles. The highest BCUT2D eigenvalue weighted by Gasteiger charge is 2.34. The van der Waals surface area contributed by atoms with Gasteiger partial charge in [-0.2, -0.15) is 0 Å². The maximum absolute atomic E-state index is 4.95. The summed E-state index contributed by atoms with van der Waals surface area (Å²) in [7, 11) is 2.09. The fourth-order valence-electron chi connectivity index (χ4n) is 5.94. The lowest BCUT2D eigenvalue weighted by atomic mass is 9.80. The normalized spacial score (nSPS) is 15.3. The molecule has 0 fully saturated rings. The minimum absolute atomic E-state index is 0.0201. The van der Waals surface area contributed by atoms with Crippen LogP contribution in [0.3, 0.4) is 0 Å². The average Bonchev–Trinajstić information content (AvgIpc) is 3.51. The molecule has 1 heterocycles. The van der Waals surface area contributed by atoms with E-state index in [2.05, 4.69) is 154 Å². The summed E-state index contributed by atoms with van der Waals surface area (Å²) in [6, 6.07) is 29.4. The molecule has 3 nitrogen and oxygen atoms in total. The van der Waals surface area contributed by atoms with Crippen LogP contribution in [0.4, 0.5) is 11.4 Å². The molecule has 3 aromatic rings. The van der Waals surface area contributed by atoms with Gasteiger partial charge in [-0.25, -0.2) is 0 Å². The van der Waals surface area contributed by atoms with E-state index in [1.807, 2.05) is 78.9 Å². The number of benzene rings is 3. The fourth-order valence-corrected chi connectivity index (χ4v) is 5.94. The number of para-hydroxylation sites is 2. The Labute approximate surface area is 316 Å². The van der Waals surface area contributed by atoms with Crippen LogP contribution in [0.2, 0.25) is 0 Å². The highest BCUT2D eigenvalue weighted by molar-refractivity contribution is 6.07. The predicted molar refractivity (Wildman–Crippen MR) is 234 cm³/mol. The zero-order valence-electron chi connectivity index (χ0n) is 33.4. The van der Waals surface area contributed by atoms with Gasteiger partial charge < -0.3 is 9.80 Å². The molecule has 1 unspecified atom stereocenters. The summed E-state index contributed by atoms with van der Waals surface area (Å²) in [6.07, 6.45) is 17.9. The summed E-state index contributed by atoms with van der Waals surface area (Å²) in [5.41, 5.74) is 13.5. The number of hydrogen-bond donors (Lipinski definition) is 0. The van der Waals surface area contributed by atoms with E-state index in [4.69, 9.17) is 4.99 Å². The van der Waals surface area contributed by atoms with E-state index in [9.17, 15) is 0 Å². The van der Waals surface area contributed by atoms with E-state index in [0.29, 0.717) is 0 Å². The smallest absolute Gasteiger partial charge is 0.0750 e. The monoisotopic (exact) mass is 691 g/mol. The molecule has 3 heteroatoms. The number of nitrogens with zero attached hydrogens (tertiary/aromatic N) is 3. The van der Waals surface area contributed by atoms with Crippen molar-refractivity contribution in [3.8, 4) is 0 Å². The quantitative estimate of drug-likeness (QED) is 0.230. The van der Waals surface area contributed by atoms with Gasteiger partial charge in [-0.05, 0) is 86.0 Å². The molecular weight excluding hydrogens is 631 g/mol. The molecule has 3 aliphatic rings. The van der Waals surface area contributed by atoms with Gasteiger partial charge in [0.1, 0.15) is 0 Å². The summed E-state index contributed by atoms with van der Waals surface area (Å²) in [4.78, 5) is 9.49. The molecule has 1 atom stereocenters. The van der Waals surface area contributed by atoms with Crippen LogP contribution < -0.4 is 4.90 Å². The number of fused-ring (bicyclic) bond motifs is 3. The molecule has 0 spiro atoms. The van der Waals surface area contributed by atoms with Crippen LogP contribution in [-0.4, -0.2) is 23.7 Å². The molecule has 0 bridgehead atoms. The van der Waals surface area contributed by atoms with Crippen LogP contribution in [0.25, 0.3) is 11.1 Å². The summed E-state index contributed by atoms with van der Waals surface area (Å²) in [5, 5.41) is 0. The average molecular weight is 692 g/mol. The summed E-state index contributed by atoms with van der Waals surface area (Å²) < 4.78 is 0. The van der Waals surface area contributed by atoms with Crippen molar-refractivity contribution in [2.75, 3.05) is 11.9 Å². The van der Waals surface area contributed by atoms with Crippen LogP contribution in [0.1, 0.15) is 79.9 Å². The van der Waals surface area contributed by atoms with E-state index in [-0.39, 0.29) is 6.04 Å². The molecule has 0 amide bonds. The molecule has 0 saturated carbocycles. The summed E-state index contributed by atoms with van der Waals surface area (Å²) in [5.74, 6) is 0. The zero-order chi connectivity index (χ0) is 38.6. The van der Waals surface area contributed by atoms with Gasteiger partial charge in [0, 0.05) is 35.3 Å². The number of hydrogen-bond acceptors (Lipinski definition) is 3. The predicted octanol–water partition coefficient (Wildman–Crippen LogP) is 14.1. The molecule has 1 aliphatic heterocycles. The van der Waals surface area contributed by atoms with Crippen molar-refractivity contribution in [2.45, 2.75) is 74.8 Å². The van der Waals surface area contributed by atoms with Crippen LogP contribution in [-0.2, 0) is 0 Å². The van der Waals surface area contributed by atoms with E-state index in [1.165, 1.54) is 33.7 Å². The Morgan fingerprint density at radius 2 is 1.40 bits per heavy atom. The third-order valence-electron chi connectivity index (χ3n) is 8.44. The number of anilines is 2. The first-order valence-electron chi connectivity index (χ1n) is 18.7. The third-order valence-corrected chi connectivity index (χ3v) is 8.44. The number of aliphatic imine (C=N–C) groups is 1. The van der Waals surface area contributed by atoms with Crippen LogP contribution in [0.15, 0.2) is 187 Å². The molecule has 52 heavy (non-hydrogen) atoms. The van der Waals surface area contributed by atoms with Gasteiger partial charge in [0.2, 0.25) is 0 Å². The Morgan fingerprint density at radius 1 is 0.808 bits per heavy atom. The lowest BCUT2D eigenvalue weighted by molar-refractivity contribution is 0.427. The van der Waals surface area contributed by atoms with Gasteiger partial charge in [-0.15, -0.1) is 0 Å². The van der Waals surface area contributed by atoms with Crippen molar-refractivity contribution in [3.05, 3.63) is 193 Å². The topological polar surface area (TPSA) is 18.8 Å². The maximum atomic E-state index is 4.95. The fraction of sp³-hybridized carbons (Fsp3) is 0.245. The standard InChI is InChI=1S/C34H33N3.C9H10.3C2H6/c1-6-36(5)33-23-28(25(3)35-24(2)27-16-10-7-8-11-17-27)22-31-30-20-14-15-21-32(30)37(26(4)34(31)33)29-18-12-9-13-19-29;1-8(2)9-6-4-3-5-7-9;3*1-2/h6-10,12-23,33H,1-2,11H2,3-5H3;3-7H,1H2,2H3;3*1-2H3. The van der Waals surface area contributed by atoms with E-state index in [0.717, 1.165) is 40.2 Å². The second-order valence-electron chi connectivity index (χ2n) is 11.6. The van der Waals surface area contributed by atoms with Gasteiger partial charge in [0.15, 0.2) is 0 Å². The maximum Gasteiger partial charge on any atom is 0.0750 e. The molecule has 0 aromatic heterocycles. The second-order valence-corrected chi connectivity index (χ2v) is 11.6. The van der Waals surface area contributed by atoms with E-state index in [1.54, 1.807) is 0 Å². The summed E-state index contributed by atoms with van der Waals surface area (Å²) >= 11 is 0. The molecule has 0 radical (unpaired) electrons. The van der Waals surface area contributed by atoms with Crippen molar-refractivity contribution in [1.29, 1.82) is 0 Å². The van der Waals surface area contributed by atoms with E-state index < -0.39 is 0 Å². The number of rotatable bonds is 7. The van der Waals surface area contributed by atoms with Crippen molar-refractivity contribution in [1.82, 2.24) is 4.90 Å². The second kappa shape index (κ2) is 22.4. The van der Waals surface area contributed by atoms with Gasteiger partial charge in [-0.3, -0.25) is 4.99 Å². The largest absolute Gasteiger partial charge is 0.370 e. The first-order chi connectivity index (χ1) is 25.3. The third kappa shape index (κ3) is 10.8. The zero-order valence-corrected chi connectivity index (χ0v) is 33.4. The van der Waals surface area contributed by atoms with Gasteiger partial charge >= 0.3 is 0 Å². The molecule has 2 aliphatic carbocycles. The van der Waals surface area contributed by atoms with Crippen LogP contribution in [0, 0.1) is 0 Å². The van der Waals surface area contributed by atoms with Crippen LogP contribution >= 0.6 is 0 Å². The van der Waals surface area contributed by atoms with Gasteiger partial charge in [0.25, 0.3) is 0 Å². The number of likely N-dealkylation sites (N-methyl/N-ethyl adjacent to an activating group) is 1. The summed E-state index contributed by atoms with van der Waals surface area (Å²) in [6.45, 7) is 30.5. The highest BCUT2D eigenvalue weighted by atomic mass is 15.2. The molecule has 6 rings (SSSR count). The highest BCUT2D eigenvalue weighted by Crippen LogP contribution is 2.48. The Morgan fingerprint density at radius 3 is 2.00 bits per heavy atom. The molecule has 0 N–H and O–H groups in total. The molecule has 272 valence electrons. The van der Waals surface area contributed by atoms with Crippen molar-refractivity contribution < 1.29 is 0 Å². The van der Waals surface area contributed by atoms with Gasteiger partial charge in [-0.1, -0.05) is 164 Å². The Bertz CT molecular complexity index is 1840. The molecule has 3 aromatic carbocycles. The Kier molecular flexibility index (Phi) is 18.4. The SMILES string of the molecule is C=C(C)c1ccccc1.C=CN(C)C1C=C(C(C)=NC(=C)C2=CCC=CC=C2)C=C2C1=C(C)N(c1ccccc1)c1ccccc12.CC.CC.CC. The lowest BCUT2D eigenvalue weighted by Crippen LogP contribution is -2.35. The first kappa shape index (κ1) is 42.8. The minimum Gasteiger partial charge on any atom is -0.370 e. The lowest BCUT2D eigenvalue weighted by Gasteiger charge is -2.41. The number of allylic oxidation sites excluding steroid dienone is 9. The van der Waals surface area contributed by atoms with Crippen molar-refractivity contribution >= 4 is 28.2 Å². The Hall–Kier alpha value is -5.41. The van der Waals surface area contributed by atoms with E-state index >= 15 is 0 Å². The Balaban J connectivity index is 0.000000530. The van der Waals surface area contributed by atoms with Gasteiger partial charge in [0.05, 0.1) is 17.4 Å². The van der Waals surface area contributed by atoms with Crippen molar-refractivity contribution in [3.63, 3.8) is 0 Å². The first-order valence-corrected chi connectivity index (χ1v) is 18.7.